The fraction of sp³-hybridized carbons (Fsp3) is 0.368. The van der Waals surface area contributed by atoms with E-state index >= 15 is 0 Å². The highest BCUT2D eigenvalue weighted by Gasteiger charge is 2.15. The molecule has 1 saturated heterocycles. The molecule has 3 rings (SSSR count). The Labute approximate surface area is 143 Å². The zero-order valence-corrected chi connectivity index (χ0v) is 14.3. The molecule has 1 aromatic carbocycles. The Morgan fingerprint density at radius 1 is 1.08 bits per heavy atom. The third-order valence-electron chi connectivity index (χ3n) is 4.34. The number of likely N-dealkylation sites (N-methyl/N-ethyl adjacent to an activating group) is 1. The van der Waals surface area contributed by atoms with Crippen molar-refractivity contribution < 1.29 is 4.79 Å². The predicted molar refractivity (Wildman–Crippen MR) is 97.5 cm³/mol. The number of aromatic nitrogens is 1. The second kappa shape index (κ2) is 7.45. The third kappa shape index (κ3) is 4.32. The van der Waals surface area contributed by atoms with E-state index in [1.54, 1.807) is 6.20 Å². The minimum atomic E-state index is -0.0204. The number of nitrogens with zero attached hydrogens (tertiary/aromatic N) is 3. The van der Waals surface area contributed by atoms with E-state index in [-0.39, 0.29) is 5.91 Å². The second-order valence-electron chi connectivity index (χ2n) is 6.41. The quantitative estimate of drug-likeness (QED) is 0.938. The third-order valence-corrected chi connectivity index (χ3v) is 4.34. The zero-order valence-electron chi connectivity index (χ0n) is 14.3. The lowest BCUT2D eigenvalue weighted by Crippen LogP contribution is -2.44. The predicted octanol–water partition coefficient (Wildman–Crippen LogP) is 2.32. The fourth-order valence-electron chi connectivity index (χ4n) is 2.78. The average Bonchev–Trinajstić information content (AvgIpc) is 2.58. The number of pyridine rings is 1. The first-order chi connectivity index (χ1) is 11.6. The van der Waals surface area contributed by atoms with Crippen LogP contribution < -0.4 is 10.2 Å². The molecule has 1 amide bonds. The minimum Gasteiger partial charge on any atom is -0.354 e. The molecule has 1 aromatic heterocycles. The van der Waals surface area contributed by atoms with E-state index < -0.39 is 0 Å². The highest BCUT2D eigenvalue weighted by atomic mass is 16.1. The van der Waals surface area contributed by atoms with Crippen LogP contribution in [0.25, 0.3) is 0 Å². The van der Waals surface area contributed by atoms with Gasteiger partial charge in [-0.3, -0.25) is 4.79 Å². The van der Waals surface area contributed by atoms with Crippen LogP contribution in [0.4, 0.5) is 11.5 Å². The molecule has 0 spiro atoms. The normalized spacial score (nSPS) is 15.3. The molecule has 1 aliphatic heterocycles. The van der Waals surface area contributed by atoms with Crippen molar-refractivity contribution >= 4 is 17.4 Å². The molecule has 2 heterocycles. The van der Waals surface area contributed by atoms with Crippen molar-refractivity contribution in [3.8, 4) is 0 Å². The summed E-state index contributed by atoms with van der Waals surface area (Å²) in [7, 11) is 2.14. The number of anilines is 2. The molecule has 0 unspecified atom stereocenters. The Balaban J connectivity index is 1.55. The summed E-state index contributed by atoms with van der Waals surface area (Å²) in [5, 5.41) is 2.91. The van der Waals surface area contributed by atoms with E-state index in [4.69, 9.17) is 0 Å². The number of carbonyl (C=O) groups excluding carboxylic acids is 1. The first kappa shape index (κ1) is 16.5. The Morgan fingerprint density at radius 3 is 2.42 bits per heavy atom. The number of carbonyl (C=O) groups is 1. The summed E-state index contributed by atoms with van der Waals surface area (Å²) in [5.41, 5.74) is 2.95. The van der Waals surface area contributed by atoms with E-state index in [0.29, 0.717) is 6.42 Å². The molecule has 1 fully saturated rings. The van der Waals surface area contributed by atoms with Gasteiger partial charge in [0.25, 0.3) is 0 Å². The Bertz CT molecular complexity index is 674. The molecule has 24 heavy (non-hydrogen) atoms. The van der Waals surface area contributed by atoms with Crippen LogP contribution in [0.1, 0.15) is 11.1 Å². The maximum absolute atomic E-state index is 12.1. The smallest absolute Gasteiger partial charge is 0.228 e. The number of hydrogen-bond donors (Lipinski definition) is 1. The molecule has 0 atom stereocenters. The van der Waals surface area contributed by atoms with Gasteiger partial charge in [-0.2, -0.15) is 0 Å². The zero-order chi connectivity index (χ0) is 16.9. The van der Waals surface area contributed by atoms with Gasteiger partial charge in [-0.05, 0) is 31.7 Å². The number of amides is 1. The SMILES string of the molecule is Cc1ccc(CC(=O)Nc2ccc(N3CCN(C)CC3)nc2)cc1. The number of piperazine rings is 1. The molecule has 0 aliphatic carbocycles. The molecular weight excluding hydrogens is 300 g/mol. The molecule has 0 bridgehead atoms. The number of nitrogens with one attached hydrogen (secondary N) is 1. The molecule has 1 N–H and O–H groups in total. The number of rotatable bonds is 4. The maximum Gasteiger partial charge on any atom is 0.228 e. The van der Waals surface area contributed by atoms with Crippen LogP contribution in [0, 0.1) is 6.92 Å². The summed E-state index contributed by atoms with van der Waals surface area (Å²) in [6.45, 7) is 6.12. The number of hydrogen-bond acceptors (Lipinski definition) is 4. The molecule has 1 aliphatic rings. The molecule has 126 valence electrons. The first-order valence-electron chi connectivity index (χ1n) is 8.35. The van der Waals surface area contributed by atoms with E-state index in [1.165, 1.54) is 5.56 Å². The largest absolute Gasteiger partial charge is 0.354 e. The summed E-state index contributed by atoms with van der Waals surface area (Å²) < 4.78 is 0. The highest BCUT2D eigenvalue weighted by Crippen LogP contribution is 2.16. The van der Waals surface area contributed by atoms with Crippen LogP contribution in [0.15, 0.2) is 42.6 Å². The lowest BCUT2D eigenvalue weighted by atomic mass is 10.1. The van der Waals surface area contributed by atoms with Crippen molar-refractivity contribution in [2.24, 2.45) is 0 Å². The van der Waals surface area contributed by atoms with Gasteiger partial charge in [-0.15, -0.1) is 0 Å². The van der Waals surface area contributed by atoms with Crippen molar-refractivity contribution in [2.45, 2.75) is 13.3 Å². The monoisotopic (exact) mass is 324 g/mol. The van der Waals surface area contributed by atoms with E-state index in [9.17, 15) is 4.79 Å². The lowest BCUT2D eigenvalue weighted by molar-refractivity contribution is -0.115. The van der Waals surface area contributed by atoms with Crippen LogP contribution in [0.3, 0.4) is 0 Å². The highest BCUT2D eigenvalue weighted by molar-refractivity contribution is 5.92. The van der Waals surface area contributed by atoms with Gasteiger partial charge in [0.1, 0.15) is 5.82 Å². The van der Waals surface area contributed by atoms with Gasteiger partial charge in [0.05, 0.1) is 18.3 Å². The second-order valence-corrected chi connectivity index (χ2v) is 6.41. The molecule has 0 radical (unpaired) electrons. The van der Waals surface area contributed by atoms with Crippen molar-refractivity contribution in [2.75, 3.05) is 43.4 Å². The molecule has 5 nitrogen and oxygen atoms in total. The average molecular weight is 324 g/mol. The first-order valence-corrected chi connectivity index (χ1v) is 8.35. The fourth-order valence-corrected chi connectivity index (χ4v) is 2.78. The standard InChI is InChI=1S/C19H24N4O/c1-15-3-5-16(6-4-15)13-19(24)21-17-7-8-18(20-14-17)23-11-9-22(2)10-12-23/h3-8,14H,9-13H2,1-2H3,(H,21,24). The lowest BCUT2D eigenvalue weighted by Gasteiger charge is -2.33. The van der Waals surface area contributed by atoms with Gasteiger partial charge in [0.2, 0.25) is 5.91 Å². The number of aryl methyl sites for hydroxylation is 1. The van der Waals surface area contributed by atoms with E-state index in [2.05, 4.69) is 27.1 Å². The van der Waals surface area contributed by atoms with Gasteiger partial charge in [-0.25, -0.2) is 4.98 Å². The van der Waals surface area contributed by atoms with Crippen molar-refractivity contribution in [3.63, 3.8) is 0 Å². The summed E-state index contributed by atoms with van der Waals surface area (Å²) in [5.74, 6) is 0.952. The minimum absolute atomic E-state index is 0.0204. The summed E-state index contributed by atoms with van der Waals surface area (Å²) in [6.07, 6.45) is 2.11. The van der Waals surface area contributed by atoms with Crippen LogP contribution >= 0.6 is 0 Å². The van der Waals surface area contributed by atoms with E-state index in [0.717, 1.165) is 43.2 Å². The van der Waals surface area contributed by atoms with Gasteiger partial charge < -0.3 is 15.1 Å². The molecular formula is C19H24N4O. The Kier molecular flexibility index (Phi) is 5.11. The summed E-state index contributed by atoms with van der Waals surface area (Å²) in [6, 6.07) is 11.9. The van der Waals surface area contributed by atoms with Gasteiger partial charge in [-0.1, -0.05) is 29.8 Å². The molecule has 0 saturated carbocycles. The van der Waals surface area contributed by atoms with Crippen molar-refractivity contribution in [3.05, 3.63) is 53.7 Å². The topological polar surface area (TPSA) is 48.5 Å². The maximum atomic E-state index is 12.1. The van der Waals surface area contributed by atoms with Crippen LogP contribution in [-0.2, 0) is 11.2 Å². The van der Waals surface area contributed by atoms with Crippen LogP contribution in [-0.4, -0.2) is 49.0 Å². The van der Waals surface area contributed by atoms with Gasteiger partial charge >= 0.3 is 0 Å². The van der Waals surface area contributed by atoms with Crippen molar-refractivity contribution in [1.82, 2.24) is 9.88 Å². The molecule has 5 heteroatoms. The Morgan fingerprint density at radius 2 is 1.79 bits per heavy atom. The molecule has 2 aromatic rings. The van der Waals surface area contributed by atoms with Gasteiger partial charge in [0.15, 0.2) is 0 Å². The van der Waals surface area contributed by atoms with E-state index in [1.807, 2.05) is 43.3 Å². The summed E-state index contributed by atoms with van der Waals surface area (Å²) in [4.78, 5) is 21.2. The van der Waals surface area contributed by atoms with Gasteiger partial charge in [0, 0.05) is 26.2 Å². The van der Waals surface area contributed by atoms with Crippen molar-refractivity contribution in [1.29, 1.82) is 0 Å². The Hall–Kier alpha value is -2.40. The number of benzene rings is 1. The van der Waals surface area contributed by atoms with Crippen LogP contribution in [0.5, 0.6) is 0 Å². The summed E-state index contributed by atoms with van der Waals surface area (Å²) >= 11 is 0. The van der Waals surface area contributed by atoms with Crippen LogP contribution in [0.2, 0.25) is 0 Å².